The maximum absolute atomic E-state index is 10.8. The van der Waals surface area contributed by atoms with Crippen LogP contribution in [0.1, 0.15) is 47.0 Å². The van der Waals surface area contributed by atoms with Gasteiger partial charge in [0.25, 0.3) is 0 Å². The van der Waals surface area contributed by atoms with Crippen LogP contribution < -0.4 is 5.73 Å². The van der Waals surface area contributed by atoms with Crippen LogP contribution in [0.25, 0.3) is 0 Å². The van der Waals surface area contributed by atoms with E-state index >= 15 is 0 Å². The van der Waals surface area contributed by atoms with E-state index in [4.69, 9.17) is 10.5 Å². The van der Waals surface area contributed by atoms with Gasteiger partial charge >= 0.3 is 0 Å². The van der Waals surface area contributed by atoms with Gasteiger partial charge in [0.2, 0.25) is 0 Å². The molecule has 0 radical (unpaired) electrons. The van der Waals surface area contributed by atoms with Gasteiger partial charge in [-0.3, -0.25) is 0 Å². The average Bonchev–Trinajstić information content (AvgIpc) is 2.91. The van der Waals surface area contributed by atoms with Gasteiger partial charge in [0.05, 0.1) is 16.8 Å². The first kappa shape index (κ1) is 12.3. The van der Waals surface area contributed by atoms with Crippen LogP contribution in [0, 0.1) is 11.8 Å². The van der Waals surface area contributed by atoms with Crippen LogP contribution in [0.15, 0.2) is 0 Å². The van der Waals surface area contributed by atoms with Crippen LogP contribution in [0.3, 0.4) is 0 Å². The number of nitrogens with two attached hydrogens (primary N) is 1. The summed E-state index contributed by atoms with van der Waals surface area (Å²) in [5, 5.41) is 10.8. The van der Waals surface area contributed by atoms with Gasteiger partial charge in [-0.25, -0.2) is 0 Å². The average molecular weight is 227 g/mol. The molecule has 0 aromatic heterocycles. The Hall–Kier alpha value is -0.120. The number of rotatable bonds is 3. The van der Waals surface area contributed by atoms with Crippen molar-refractivity contribution in [1.82, 2.24) is 0 Å². The Morgan fingerprint density at radius 1 is 1.31 bits per heavy atom. The molecule has 2 atom stereocenters. The van der Waals surface area contributed by atoms with E-state index in [-0.39, 0.29) is 17.1 Å². The normalized spacial score (nSPS) is 36.0. The van der Waals surface area contributed by atoms with Crippen molar-refractivity contribution >= 4 is 0 Å². The summed E-state index contributed by atoms with van der Waals surface area (Å²) in [5.74, 6) is 0.534. The van der Waals surface area contributed by atoms with E-state index in [1.54, 1.807) is 0 Å². The molecule has 0 spiro atoms. The van der Waals surface area contributed by atoms with Crippen LogP contribution in [0.5, 0.6) is 0 Å². The van der Waals surface area contributed by atoms with Crippen molar-refractivity contribution < 1.29 is 9.84 Å². The van der Waals surface area contributed by atoms with E-state index in [0.29, 0.717) is 12.5 Å². The van der Waals surface area contributed by atoms with E-state index in [9.17, 15) is 5.11 Å². The van der Waals surface area contributed by atoms with Crippen molar-refractivity contribution in [2.45, 2.75) is 63.8 Å². The fourth-order valence-corrected chi connectivity index (χ4v) is 3.52. The molecule has 1 aliphatic heterocycles. The topological polar surface area (TPSA) is 55.5 Å². The summed E-state index contributed by atoms with van der Waals surface area (Å²) >= 11 is 0. The number of aliphatic hydroxyl groups is 1. The molecule has 0 aromatic carbocycles. The van der Waals surface area contributed by atoms with Gasteiger partial charge in [-0.1, -0.05) is 0 Å². The molecule has 1 saturated carbocycles. The highest BCUT2D eigenvalue weighted by molar-refractivity contribution is 5.09. The maximum atomic E-state index is 10.8. The molecule has 2 unspecified atom stereocenters. The Bertz CT molecular complexity index is 284. The largest absolute Gasteiger partial charge is 0.388 e. The Morgan fingerprint density at radius 3 is 2.19 bits per heavy atom. The molecule has 0 bridgehead atoms. The Balaban J connectivity index is 2.25. The van der Waals surface area contributed by atoms with Crippen molar-refractivity contribution in [3.8, 4) is 0 Å². The van der Waals surface area contributed by atoms with E-state index in [1.807, 2.05) is 0 Å². The first-order chi connectivity index (χ1) is 7.21. The minimum Gasteiger partial charge on any atom is -0.388 e. The minimum atomic E-state index is -0.725. The number of ether oxygens (including phenoxy) is 1. The molecule has 0 amide bonds. The summed E-state index contributed by atoms with van der Waals surface area (Å²) in [7, 11) is 0. The monoisotopic (exact) mass is 227 g/mol. The second kappa shape index (κ2) is 3.44. The minimum absolute atomic E-state index is 0.146. The second-order valence-electron chi connectivity index (χ2n) is 6.69. The van der Waals surface area contributed by atoms with Gasteiger partial charge in [-0.15, -0.1) is 0 Å². The summed E-state index contributed by atoms with van der Waals surface area (Å²) in [4.78, 5) is 0. The lowest BCUT2D eigenvalue weighted by atomic mass is 9.72. The molecule has 1 aliphatic carbocycles. The summed E-state index contributed by atoms with van der Waals surface area (Å²) in [6, 6.07) is 0. The Labute approximate surface area is 98.4 Å². The van der Waals surface area contributed by atoms with Crippen LogP contribution >= 0.6 is 0 Å². The Kier molecular flexibility index (Phi) is 2.65. The molecular weight excluding hydrogens is 202 g/mol. The van der Waals surface area contributed by atoms with Gasteiger partial charge in [-0.05, 0) is 52.9 Å². The van der Waals surface area contributed by atoms with Crippen molar-refractivity contribution in [3.63, 3.8) is 0 Å². The van der Waals surface area contributed by atoms with Crippen molar-refractivity contribution in [2.75, 3.05) is 6.54 Å². The predicted molar refractivity (Wildman–Crippen MR) is 64.1 cm³/mol. The third-order valence-electron chi connectivity index (χ3n) is 4.29. The van der Waals surface area contributed by atoms with Crippen LogP contribution in [0.4, 0.5) is 0 Å². The molecule has 1 saturated heterocycles. The standard InChI is InChI=1S/C13H25NO2/c1-11(2)7-10(12(3,4)16-11)13(15,8-14)9-5-6-9/h9-10,15H,5-8,14H2,1-4H3. The highest BCUT2D eigenvalue weighted by Gasteiger charge is 2.59. The van der Waals surface area contributed by atoms with Gasteiger partial charge in [0.1, 0.15) is 0 Å². The third kappa shape index (κ3) is 1.89. The van der Waals surface area contributed by atoms with Crippen molar-refractivity contribution in [1.29, 1.82) is 0 Å². The molecule has 3 N–H and O–H groups in total. The molecule has 2 fully saturated rings. The van der Waals surface area contributed by atoms with Gasteiger partial charge < -0.3 is 15.6 Å². The van der Waals surface area contributed by atoms with Crippen LogP contribution in [-0.2, 0) is 4.74 Å². The zero-order chi connectivity index (χ0) is 12.2. The first-order valence-electron chi connectivity index (χ1n) is 6.34. The van der Waals surface area contributed by atoms with E-state index in [0.717, 1.165) is 19.3 Å². The highest BCUT2D eigenvalue weighted by Crippen LogP contribution is 2.53. The SMILES string of the molecule is CC1(C)CC(C(O)(CN)C2CC2)C(C)(C)O1. The summed E-state index contributed by atoms with van der Waals surface area (Å²) in [5.41, 5.74) is 4.68. The fourth-order valence-electron chi connectivity index (χ4n) is 3.52. The molecule has 16 heavy (non-hydrogen) atoms. The van der Waals surface area contributed by atoms with Gasteiger partial charge in [-0.2, -0.15) is 0 Å². The lowest BCUT2D eigenvalue weighted by molar-refractivity contribution is -0.117. The molecule has 3 nitrogen and oxygen atoms in total. The predicted octanol–water partition coefficient (Wildman–Crippen LogP) is 1.68. The third-order valence-corrected chi connectivity index (χ3v) is 4.29. The lowest BCUT2D eigenvalue weighted by Gasteiger charge is -2.39. The smallest absolute Gasteiger partial charge is 0.0853 e. The molecule has 94 valence electrons. The van der Waals surface area contributed by atoms with Crippen LogP contribution in [0.2, 0.25) is 0 Å². The molecule has 2 rings (SSSR count). The number of hydrogen-bond donors (Lipinski definition) is 2. The quantitative estimate of drug-likeness (QED) is 0.771. The zero-order valence-corrected chi connectivity index (χ0v) is 10.9. The fraction of sp³-hybridized carbons (Fsp3) is 1.00. The first-order valence-corrected chi connectivity index (χ1v) is 6.34. The summed E-state index contributed by atoms with van der Waals surface area (Å²) < 4.78 is 6.06. The molecular formula is C13H25NO2. The second-order valence-corrected chi connectivity index (χ2v) is 6.69. The highest BCUT2D eigenvalue weighted by atomic mass is 16.5. The maximum Gasteiger partial charge on any atom is 0.0853 e. The molecule has 0 aromatic rings. The Morgan fingerprint density at radius 2 is 1.88 bits per heavy atom. The molecule has 2 aliphatic rings. The van der Waals surface area contributed by atoms with Gasteiger partial charge in [0, 0.05) is 12.5 Å². The summed E-state index contributed by atoms with van der Waals surface area (Å²) in [6.45, 7) is 8.70. The van der Waals surface area contributed by atoms with E-state index in [1.165, 1.54) is 0 Å². The molecule has 3 heteroatoms. The van der Waals surface area contributed by atoms with E-state index < -0.39 is 5.60 Å². The van der Waals surface area contributed by atoms with Crippen molar-refractivity contribution in [3.05, 3.63) is 0 Å². The van der Waals surface area contributed by atoms with Crippen molar-refractivity contribution in [2.24, 2.45) is 17.6 Å². The lowest BCUT2D eigenvalue weighted by Crippen LogP contribution is -2.53. The number of hydrogen-bond acceptors (Lipinski definition) is 3. The summed E-state index contributed by atoms with van der Waals surface area (Å²) in [6.07, 6.45) is 3.12. The van der Waals surface area contributed by atoms with E-state index in [2.05, 4.69) is 27.7 Å². The zero-order valence-electron chi connectivity index (χ0n) is 10.9. The van der Waals surface area contributed by atoms with Gasteiger partial charge in [0.15, 0.2) is 0 Å². The van der Waals surface area contributed by atoms with Crippen LogP contribution in [-0.4, -0.2) is 28.5 Å². The molecule has 1 heterocycles.